The Labute approximate surface area is 80.7 Å². The maximum atomic E-state index is 2.18. The molecule has 1 nitrogen and oxygen atoms in total. The van der Waals surface area contributed by atoms with Crippen molar-refractivity contribution >= 4 is 5.69 Å². The van der Waals surface area contributed by atoms with E-state index >= 15 is 0 Å². The van der Waals surface area contributed by atoms with E-state index in [1.165, 1.54) is 11.3 Å². The molecule has 1 aromatic carbocycles. The molecule has 0 saturated carbocycles. The minimum Gasteiger partial charge on any atom is -0.351 e. The van der Waals surface area contributed by atoms with Crippen LogP contribution in [0.2, 0.25) is 0 Å². The third kappa shape index (κ3) is 2.11. The number of fused-ring (bicyclic) bond motifs is 1. The van der Waals surface area contributed by atoms with Crippen molar-refractivity contribution in [3.05, 3.63) is 42.1 Å². The van der Waals surface area contributed by atoms with Crippen LogP contribution in [0.15, 0.2) is 36.5 Å². The van der Waals surface area contributed by atoms with Crippen molar-refractivity contribution in [1.82, 2.24) is 0 Å². The first-order valence-corrected chi connectivity index (χ1v) is 4.85. The lowest BCUT2D eigenvalue weighted by Gasteiger charge is -2.21. The summed E-state index contributed by atoms with van der Waals surface area (Å²) in [6.45, 7) is 4.00. The molecule has 0 N–H and O–H groups in total. The normalized spacial score (nSPS) is 13.0. The van der Waals surface area contributed by atoms with Crippen molar-refractivity contribution in [3.8, 4) is 0 Å². The van der Waals surface area contributed by atoms with E-state index in [4.69, 9.17) is 0 Å². The van der Waals surface area contributed by atoms with Crippen molar-refractivity contribution in [2.45, 2.75) is 20.3 Å². The Morgan fingerprint density at radius 3 is 2.54 bits per heavy atom. The second kappa shape index (κ2) is 4.70. The molecule has 0 fully saturated rings. The second-order valence-corrected chi connectivity index (χ2v) is 2.83. The summed E-state index contributed by atoms with van der Waals surface area (Å²) in [5, 5.41) is 0. The fourth-order valence-electron chi connectivity index (χ4n) is 1.45. The van der Waals surface area contributed by atoms with Gasteiger partial charge in [-0.05, 0) is 18.1 Å². The highest BCUT2D eigenvalue weighted by atomic mass is 15.1. The van der Waals surface area contributed by atoms with Crippen LogP contribution in [0.25, 0.3) is 0 Å². The monoisotopic (exact) mass is 175 g/mol. The van der Waals surface area contributed by atoms with Gasteiger partial charge in [-0.25, -0.2) is 0 Å². The van der Waals surface area contributed by atoms with E-state index in [1.54, 1.807) is 0 Å². The van der Waals surface area contributed by atoms with E-state index in [1.807, 2.05) is 13.8 Å². The summed E-state index contributed by atoms with van der Waals surface area (Å²) in [6, 6.07) is 8.49. The summed E-state index contributed by atoms with van der Waals surface area (Å²) in [7, 11) is 2.08. The predicted molar refractivity (Wildman–Crippen MR) is 59.0 cm³/mol. The fourth-order valence-corrected chi connectivity index (χ4v) is 1.45. The number of hydrogen-bond donors (Lipinski definition) is 0. The summed E-state index contributed by atoms with van der Waals surface area (Å²) >= 11 is 0. The van der Waals surface area contributed by atoms with Gasteiger partial charge in [-0.3, -0.25) is 0 Å². The minimum absolute atomic E-state index is 1.07. The van der Waals surface area contributed by atoms with Gasteiger partial charge in [0.1, 0.15) is 0 Å². The van der Waals surface area contributed by atoms with E-state index in [-0.39, 0.29) is 0 Å². The molecule has 0 bridgehead atoms. The molecular formula is C12H17N. The fraction of sp³-hybridized carbons (Fsp3) is 0.333. The van der Waals surface area contributed by atoms with Gasteiger partial charge >= 0.3 is 0 Å². The van der Waals surface area contributed by atoms with E-state index < -0.39 is 0 Å². The zero-order valence-electron chi connectivity index (χ0n) is 8.62. The first kappa shape index (κ1) is 9.85. The minimum atomic E-state index is 1.07. The second-order valence-electron chi connectivity index (χ2n) is 2.83. The predicted octanol–water partition coefficient (Wildman–Crippen LogP) is 3.22. The zero-order valence-corrected chi connectivity index (χ0v) is 8.62. The van der Waals surface area contributed by atoms with E-state index in [2.05, 4.69) is 48.5 Å². The molecule has 70 valence electrons. The maximum absolute atomic E-state index is 2.18. The van der Waals surface area contributed by atoms with Gasteiger partial charge in [-0.15, -0.1) is 0 Å². The lowest BCUT2D eigenvalue weighted by atomic mass is 10.1. The molecule has 1 heterocycles. The standard InChI is InChI=1S/C10H11N.C2H6/c1-11-8-4-6-9-5-2-3-7-10(9)11;1-2/h2-5,7-8H,6H2,1H3;1-2H3. The van der Waals surface area contributed by atoms with Crippen LogP contribution in [-0.4, -0.2) is 7.05 Å². The van der Waals surface area contributed by atoms with Gasteiger partial charge < -0.3 is 4.90 Å². The van der Waals surface area contributed by atoms with E-state index in [9.17, 15) is 0 Å². The van der Waals surface area contributed by atoms with Gasteiger partial charge in [0.15, 0.2) is 0 Å². The van der Waals surface area contributed by atoms with Crippen LogP contribution in [0.4, 0.5) is 5.69 Å². The summed E-state index contributed by atoms with van der Waals surface area (Å²) in [6.07, 6.45) is 5.37. The highest BCUT2D eigenvalue weighted by Gasteiger charge is 2.06. The highest BCUT2D eigenvalue weighted by molar-refractivity contribution is 5.57. The molecule has 0 aromatic heterocycles. The number of benzene rings is 1. The molecule has 1 aliphatic heterocycles. The van der Waals surface area contributed by atoms with Crippen LogP contribution < -0.4 is 4.90 Å². The zero-order chi connectivity index (χ0) is 9.68. The number of hydrogen-bond acceptors (Lipinski definition) is 1. The molecule has 0 atom stereocenters. The summed E-state index contributed by atoms with van der Waals surface area (Å²) in [5.74, 6) is 0. The smallest absolute Gasteiger partial charge is 0.0439 e. The molecule has 0 unspecified atom stereocenters. The summed E-state index contributed by atoms with van der Waals surface area (Å²) in [5.41, 5.74) is 2.74. The molecule has 2 rings (SSSR count). The average molecular weight is 175 g/mol. The van der Waals surface area contributed by atoms with Gasteiger partial charge in [-0.2, -0.15) is 0 Å². The molecule has 0 aliphatic carbocycles. The molecule has 0 spiro atoms. The Morgan fingerprint density at radius 2 is 1.85 bits per heavy atom. The Bertz CT molecular complexity index is 289. The lowest BCUT2D eigenvalue weighted by Crippen LogP contribution is -2.13. The van der Waals surface area contributed by atoms with Gasteiger partial charge in [0.05, 0.1) is 0 Å². The molecule has 0 amide bonds. The molecule has 13 heavy (non-hydrogen) atoms. The number of anilines is 1. The Balaban J connectivity index is 0.000000396. The molecule has 0 radical (unpaired) electrons. The number of allylic oxidation sites excluding steroid dienone is 1. The molecule has 1 aromatic rings. The van der Waals surface area contributed by atoms with E-state index in [0.29, 0.717) is 0 Å². The molecule has 1 heteroatoms. The maximum Gasteiger partial charge on any atom is 0.0439 e. The average Bonchev–Trinajstić information content (AvgIpc) is 2.22. The first-order chi connectivity index (χ1) is 6.38. The Hall–Kier alpha value is -1.24. The van der Waals surface area contributed by atoms with Crippen molar-refractivity contribution < 1.29 is 0 Å². The van der Waals surface area contributed by atoms with Crippen molar-refractivity contribution in [2.75, 3.05) is 11.9 Å². The third-order valence-electron chi connectivity index (χ3n) is 2.04. The van der Waals surface area contributed by atoms with Crippen LogP contribution >= 0.6 is 0 Å². The van der Waals surface area contributed by atoms with Crippen molar-refractivity contribution in [1.29, 1.82) is 0 Å². The van der Waals surface area contributed by atoms with Gasteiger partial charge in [0.2, 0.25) is 0 Å². The quantitative estimate of drug-likeness (QED) is 0.585. The van der Waals surface area contributed by atoms with Crippen LogP contribution in [0.3, 0.4) is 0 Å². The van der Waals surface area contributed by atoms with Gasteiger partial charge in [0.25, 0.3) is 0 Å². The van der Waals surface area contributed by atoms with Crippen LogP contribution in [0.1, 0.15) is 19.4 Å². The van der Waals surface area contributed by atoms with Crippen LogP contribution in [0, 0.1) is 0 Å². The van der Waals surface area contributed by atoms with Gasteiger partial charge in [-0.1, -0.05) is 38.1 Å². The van der Waals surface area contributed by atoms with E-state index in [0.717, 1.165) is 6.42 Å². The topological polar surface area (TPSA) is 3.24 Å². The SMILES string of the molecule is CC.CN1C=CCc2ccccc21. The van der Waals surface area contributed by atoms with Gasteiger partial charge in [0, 0.05) is 18.9 Å². The molecule has 1 aliphatic rings. The van der Waals surface area contributed by atoms with Crippen molar-refractivity contribution in [2.24, 2.45) is 0 Å². The molecular weight excluding hydrogens is 158 g/mol. The number of rotatable bonds is 0. The largest absolute Gasteiger partial charge is 0.351 e. The number of para-hydroxylation sites is 1. The van der Waals surface area contributed by atoms with Crippen molar-refractivity contribution in [3.63, 3.8) is 0 Å². The summed E-state index contributed by atoms with van der Waals surface area (Å²) in [4.78, 5) is 2.15. The number of nitrogens with zero attached hydrogens (tertiary/aromatic N) is 1. The lowest BCUT2D eigenvalue weighted by molar-refractivity contribution is 1.09. The van der Waals surface area contributed by atoms with Crippen LogP contribution in [-0.2, 0) is 6.42 Å². The third-order valence-corrected chi connectivity index (χ3v) is 2.04. The Morgan fingerprint density at radius 1 is 1.15 bits per heavy atom. The first-order valence-electron chi connectivity index (χ1n) is 4.85. The molecule has 0 saturated heterocycles. The summed E-state index contributed by atoms with van der Waals surface area (Å²) < 4.78 is 0. The Kier molecular flexibility index (Phi) is 3.56. The van der Waals surface area contributed by atoms with Crippen LogP contribution in [0.5, 0.6) is 0 Å². The highest BCUT2D eigenvalue weighted by Crippen LogP contribution is 2.23.